The first-order valence-corrected chi connectivity index (χ1v) is 11.3. The molecule has 1 aromatic heterocycles. The molecule has 0 spiro atoms. The van der Waals surface area contributed by atoms with Gasteiger partial charge in [0.2, 0.25) is 0 Å². The molecule has 0 aliphatic heterocycles. The van der Waals surface area contributed by atoms with E-state index in [4.69, 9.17) is 21.1 Å². The van der Waals surface area contributed by atoms with Crippen molar-refractivity contribution in [2.75, 3.05) is 20.3 Å². The number of sulfone groups is 1. The molecule has 7 nitrogen and oxygen atoms in total. The fraction of sp³-hybridized carbons (Fsp3) is 0.182. The van der Waals surface area contributed by atoms with Crippen LogP contribution in [0.3, 0.4) is 0 Å². The summed E-state index contributed by atoms with van der Waals surface area (Å²) in [7, 11) is -2.31. The molecule has 162 valence electrons. The van der Waals surface area contributed by atoms with Crippen LogP contribution in [0, 0.1) is 0 Å². The zero-order valence-electron chi connectivity index (χ0n) is 16.7. The third kappa shape index (κ3) is 5.96. The maximum absolute atomic E-state index is 13.3. The predicted molar refractivity (Wildman–Crippen MR) is 117 cm³/mol. The van der Waals surface area contributed by atoms with Gasteiger partial charge < -0.3 is 14.8 Å². The minimum Gasteiger partial charge on any atom is -0.497 e. The van der Waals surface area contributed by atoms with Gasteiger partial charge in [-0.05, 0) is 60.2 Å². The van der Waals surface area contributed by atoms with Crippen LogP contribution in [0.5, 0.6) is 11.5 Å². The summed E-state index contributed by atoms with van der Waals surface area (Å²) in [5.74, 6) is 0.576. The van der Waals surface area contributed by atoms with Crippen LogP contribution in [0.25, 0.3) is 0 Å². The van der Waals surface area contributed by atoms with Crippen molar-refractivity contribution in [1.29, 1.82) is 0 Å². The van der Waals surface area contributed by atoms with Crippen LogP contribution < -0.4 is 14.8 Å². The molecule has 3 aromatic rings. The predicted octanol–water partition coefficient (Wildman–Crippen LogP) is 3.45. The van der Waals surface area contributed by atoms with Crippen LogP contribution in [0.15, 0.2) is 78.0 Å². The van der Waals surface area contributed by atoms with Crippen molar-refractivity contribution in [1.82, 2.24) is 10.3 Å². The Balaban J connectivity index is 1.73. The standard InChI is InChI=1S/C22H21ClN2O5S/c1-29-18-8-10-20(11-9-18)31(27,28)21(16-3-2-12-24-13-16)14-25-22(26)15-30-19-6-4-17(23)5-7-19/h2-13,21H,14-15H2,1H3,(H,25,26)/t21-/m0/s1. The number of rotatable bonds is 9. The van der Waals surface area contributed by atoms with E-state index in [1.54, 1.807) is 54.7 Å². The van der Waals surface area contributed by atoms with Gasteiger partial charge in [0.25, 0.3) is 5.91 Å². The minimum absolute atomic E-state index is 0.119. The van der Waals surface area contributed by atoms with E-state index in [0.717, 1.165) is 0 Å². The number of hydrogen-bond donors (Lipinski definition) is 1. The molecule has 0 saturated heterocycles. The van der Waals surface area contributed by atoms with Gasteiger partial charge in [0.05, 0.1) is 12.0 Å². The van der Waals surface area contributed by atoms with Gasteiger partial charge in [0.15, 0.2) is 16.4 Å². The summed E-state index contributed by atoms with van der Waals surface area (Å²) in [6.07, 6.45) is 3.03. The molecule has 1 atom stereocenters. The molecule has 1 heterocycles. The van der Waals surface area contributed by atoms with Gasteiger partial charge in [-0.15, -0.1) is 0 Å². The first-order chi connectivity index (χ1) is 14.9. The molecule has 0 bridgehead atoms. The maximum Gasteiger partial charge on any atom is 0.257 e. The molecule has 1 N–H and O–H groups in total. The smallest absolute Gasteiger partial charge is 0.257 e. The number of benzene rings is 2. The van der Waals surface area contributed by atoms with Crippen molar-refractivity contribution in [2.24, 2.45) is 0 Å². The lowest BCUT2D eigenvalue weighted by molar-refractivity contribution is -0.123. The molecule has 9 heteroatoms. The van der Waals surface area contributed by atoms with Gasteiger partial charge in [0.1, 0.15) is 16.7 Å². The highest BCUT2D eigenvalue weighted by Crippen LogP contribution is 2.29. The van der Waals surface area contributed by atoms with E-state index >= 15 is 0 Å². The van der Waals surface area contributed by atoms with Gasteiger partial charge in [-0.1, -0.05) is 17.7 Å². The van der Waals surface area contributed by atoms with Crippen molar-refractivity contribution < 1.29 is 22.7 Å². The summed E-state index contributed by atoms with van der Waals surface area (Å²) >= 11 is 5.82. The van der Waals surface area contributed by atoms with E-state index in [1.807, 2.05) is 0 Å². The molecule has 0 aliphatic carbocycles. The number of nitrogens with one attached hydrogen (secondary N) is 1. The number of halogens is 1. The van der Waals surface area contributed by atoms with E-state index in [2.05, 4.69) is 10.3 Å². The topological polar surface area (TPSA) is 94.6 Å². The largest absolute Gasteiger partial charge is 0.497 e. The number of carbonyl (C=O) groups is 1. The van der Waals surface area contributed by atoms with Crippen LogP contribution in [0.2, 0.25) is 5.02 Å². The molecule has 0 saturated carbocycles. The Morgan fingerprint density at radius 2 is 1.74 bits per heavy atom. The van der Waals surface area contributed by atoms with Crippen LogP contribution in [-0.2, 0) is 14.6 Å². The van der Waals surface area contributed by atoms with Gasteiger partial charge in [0, 0.05) is 24.0 Å². The molecule has 0 aliphatic rings. The summed E-state index contributed by atoms with van der Waals surface area (Å²) < 4.78 is 37.1. The Hall–Kier alpha value is -3.10. The molecule has 31 heavy (non-hydrogen) atoms. The SMILES string of the molecule is COc1ccc(S(=O)(=O)[C@@H](CNC(=O)COc2ccc(Cl)cc2)c2cccnc2)cc1. The zero-order chi connectivity index (χ0) is 22.3. The fourth-order valence-corrected chi connectivity index (χ4v) is 4.61. The molecular formula is C22H21ClN2O5S. The Labute approximate surface area is 185 Å². The first kappa shape index (κ1) is 22.6. The number of ether oxygens (including phenoxy) is 2. The average molecular weight is 461 g/mol. The average Bonchev–Trinajstić information content (AvgIpc) is 2.79. The maximum atomic E-state index is 13.3. The highest BCUT2D eigenvalue weighted by molar-refractivity contribution is 7.91. The zero-order valence-corrected chi connectivity index (χ0v) is 18.3. The molecule has 1 amide bonds. The second-order valence-corrected chi connectivity index (χ2v) is 9.11. The van der Waals surface area contributed by atoms with Crippen molar-refractivity contribution in [3.05, 3.63) is 83.6 Å². The molecule has 3 rings (SSSR count). The Bertz CT molecular complexity index is 1100. The van der Waals surface area contributed by atoms with E-state index in [1.165, 1.54) is 25.4 Å². The lowest BCUT2D eigenvalue weighted by Gasteiger charge is -2.19. The molecular weight excluding hydrogens is 440 g/mol. The number of hydrogen-bond acceptors (Lipinski definition) is 6. The minimum atomic E-state index is -3.81. The Morgan fingerprint density at radius 1 is 1.06 bits per heavy atom. The summed E-state index contributed by atoms with van der Waals surface area (Å²) in [5.41, 5.74) is 0.470. The number of carbonyl (C=O) groups excluding carboxylic acids is 1. The van der Waals surface area contributed by atoms with Gasteiger partial charge in [-0.2, -0.15) is 0 Å². The van der Waals surface area contributed by atoms with Crippen LogP contribution in [0.1, 0.15) is 10.8 Å². The highest BCUT2D eigenvalue weighted by Gasteiger charge is 2.30. The summed E-state index contributed by atoms with van der Waals surface area (Å²) in [5, 5.41) is 2.18. The van der Waals surface area contributed by atoms with E-state index in [9.17, 15) is 13.2 Å². The fourth-order valence-electron chi connectivity index (χ4n) is 2.84. The third-order valence-corrected chi connectivity index (χ3v) is 6.86. The quantitative estimate of drug-likeness (QED) is 0.525. The normalized spacial score (nSPS) is 12.1. The van der Waals surface area contributed by atoms with Crippen molar-refractivity contribution >= 4 is 27.3 Å². The van der Waals surface area contributed by atoms with Gasteiger partial charge >= 0.3 is 0 Å². The first-order valence-electron chi connectivity index (χ1n) is 9.33. The van der Waals surface area contributed by atoms with Crippen molar-refractivity contribution in [3.63, 3.8) is 0 Å². The number of methoxy groups -OCH3 is 1. The molecule has 0 fully saturated rings. The molecule has 0 unspecified atom stereocenters. The van der Waals surface area contributed by atoms with Gasteiger partial charge in [-0.25, -0.2) is 8.42 Å². The lowest BCUT2D eigenvalue weighted by atomic mass is 10.2. The van der Waals surface area contributed by atoms with E-state index in [0.29, 0.717) is 22.1 Å². The monoisotopic (exact) mass is 460 g/mol. The highest BCUT2D eigenvalue weighted by atomic mass is 35.5. The molecule has 2 aromatic carbocycles. The second-order valence-electron chi connectivity index (χ2n) is 6.54. The van der Waals surface area contributed by atoms with E-state index < -0.39 is 21.0 Å². The lowest BCUT2D eigenvalue weighted by Crippen LogP contribution is -2.35. The van der Waals surface area contributed by atoms with Crippen LogP contribution >= 0.6 is 11.6 Å². The summed E-state index contributed by atoms with van der Waals surface area (Å²) in [6.45, 7) is -0.396. The number of amides is 1. The van der Waals surface area contributed by atoms with Crippen LogP contribution in [-0.4, -0.2) is 39.6 Å². The summed E-state index contributed by atoms with van der Waals surface area (Å²) in [4.78, 5) is 16.4. The third-order valence-electron chi connectivity index (χ3n) is 4.49. The van der Waals surface area contributed by atoms with E-state index in [-0.39, 0.29) is 18.0 Å². The molecule has 0 radical (unpaired) electrons. The van der Waals surface area contributed by atoms with Crippen molar-refractivity contribution in [3.8, 4) is 11.5 Å². The Kier molecular flexibility index (Phi) is 7.49. The van der Waals surface area contributed by atoms with Crippen LogP contribution in [0.4, 0.5) is 0 Å². The number of aromatic nitrogens is 1. The number of nitrogens with zero attached hydrogens (tertiary/aromatic N) is 1. The Morgan fingerprint density at radius 3 is 2.35 bits per heavy atom. The summed E-state index contributed by atoms with van der Waals surface area (Å²) in [6, 6.07) is 16.0. The number of pyridine rings is 1. The van der Waals surface area contributed by atoms with Gasteiger partial charge in [-0.3, -0.25) is 9.78 Å². The van der Waals surface area contributed by atoms with Crippen molar-refractivity contribution in [2.45, 2.75) is 10.1 Å². The second kappa shape index (κ2) is 10.3.